The summed E-state index contributed by atoms with van der Waals surface area (Å²) in [5.74, 6) is -0.214. The minimum atomic E-state index is -0.232. The SMILES string of the molecule is CCCCCN(Cc1cccn1Cc1ccc(F)cc1)C(=O)/C=C/c1ccccc1. The van der Waals surface area contributed by atoms with E-state index < -0.39 is 0 Å². The van der Waals surface area contributed by atoms with Gasteiger partial charge in [-0.2, -0.15) is 0 Å². The Hall–Kier alpha value is -3.14. The number of halogens is 1. The largest absolute Gasteiger partial charge is 0.345 e. The summed E-state index contributed by atoms with van der Waals surface area (Å²) in [6.45, 7) is 4.10. The number of hydrogen-bond acceptors (Lipinski definition) is 1. The molecule has 0 radical (unpaired) electrons. The lowest BCUT2D eigenvalue weighted by Gasteiger charge is -2.22. The molecule has 0 aliphatic carbocycles. The van der Waals surface area contributed by atoms with Gasteiger partial charge in [-0.3, -0.25) is 4.79 Å². The van der Waals surface area contributed by atoms with E-state index in [1.807, 2.05) is 59.6 Å². The summed E-state index contributed by atoms with van der Waals surface area (Å²) in [5, 5.41) is 0. The second-order valence-corrected chi connectivity index (χ2v) is 7.46. The zero-order valence-corrected chi connectivity index (χ0v) is 17.5. The Labute approximate surface area is 178 Å². The molecular weight excluding hydrogens is 375 g/mol. The van der Waals surface area contributed by atoms with Gasteiger partial charge < -0.3 is 9.47 Å². The summed E-state index contributed by atoms with van der Waals surface area (Å²) < 4.78 is 15.3. The topological polar surface area (TPSA) is 25.2 Å². The highest BCUT2D eigenvalue weighted by Gasteiger charge is 2.13. The lowest BCUT2D eigenvalue weighted by atomic mass is 10.2. The molecule has 0 fully saturated rings. The van der Waals surface area contributed by atoms with Crippen LogP contribution in [0.25, 0.3) is 6.08 Å². The van der Waals surface area contributed by atoms with Crippen LogP contribution in [0, 0.1) is 5.82 Å². The monoisotopic (exact) mass is 404 g/mol. The quantitative estimate of drug-likeness (QED) is 0.305. The van der Waals surface area contributed by atoms with E-state index in [4.69, 9.17) is 0 Å². The summed E-state index contributed by atoms with van der Waals surface area (Å²) in [4.78, 5) is 14.8. The molecular formula is C26H29FN2O. The number of carbonyl (C=O) groups is 1. The van der Waals surface area contributed by atoms with Gasteiger partial charge in [0.05, 0.1) is 6.54 Å². The second-order valence-electron chi connectivity index (χ2n) is 7.46. The summed E-state index contributed by atoms with van der Waals surface area (Å²) in [5.41, 5.74) is 3.11. The fraction of sp³-hybridized carbons (Fsp3) is 0.269. The predicted molar refractivity (Wildman–Crippen MR) is 120 cm³/mol. The average molecular weight is 405 g/mol. The fourth-order valence-electron chi connectivity index (χ4n) is 3.39. The standard InChI is InChI=1S/C26H29FN2O/c1-2-3-7-18-29(26(30)17-14-22-9-5-4-6-10-22)21-25-11-8-19-28(25)20-23-12-15-24(27)16-13-23/h4-6,8-17,19H,2-3,7,18,20-21H2,1H3/b17-14+. The summed E-state index contributed by atoms with van der Waals surface area (Å²) in [6, 6.07) is 20.5. The van der Waals surface area contributed by atoms with Gasteiger partial charge in [-0.1, -0.05) is 62.2 Å². The highest BCUT2D eigenvalue weighted by molar-refractivity contribution is 5.91. The summed E-state index contributed by atoms with van der Waals surface area (Å²) in [7, 11) is 0. The third kappa shape index (κ3) is 6.45. The molecule has 0 aliphatic heterocycles. The van der Waals surface area contributed by atoms with Gasteiger partial charge in [0.25, 0.3) is 0 Å². The minimum absolute atomic E-state index is 0.0180. The fourth-order valence-corrected chi connectivity index (χ4v) is 3.39. The Morgan fingerprint density at radius 3 is 2.50 bits per heavy atom. The molecule has 0 bridgehead atoms. The van der Waals surface area contributed by atoms with Crippen molar-refractivity contribution < 1.29 is 9.18 Å². The van der Waals surface area contributed by atoms with Crippen molar-refractivity contribution in [3.8, 4) is 0 Å². The predicted octanol–water partition coefficient (Wildman–Crippen LogP) is 5.91. The van der Waals surface area contributed by atoms with E-state index >= 15 is 0 Å². The van der Waals surface area contributed by atoms with Crippen molar-refractivity contribution in [2.24, 2.45) is 0 Å². The molecule has 3 rings (SSSR count). The van der Waals surface area contributed by atoms with Gasteiger partial charge in [-0.25, -0.2) is 4.39 Å². The molecule has 2 aromatic carbocycles. The number of benzene rings is 2. The number of nitrogens with zero attached hydrogens (tertiary/aromatic N) is 2. The highest BCUT2D eigenvalue weighted by atomic mass is 19.1. The Bertz CT molecular complexity index is 945. The first-order chi connectivity index (χ1) is 14.7. The number of hydrogen-bond donors (Lipinski definition) is 0. The van der Waals surface area contributed by atoms with Crippen molar-refractivity contribution in [2.75, 3.05) is 6.54 Å². The van der Waals surface area contributed by atoms with E-state index in [0.717, 1.165) is 42.6 Å². The van der Waals surface area contributed by atoms with Gasteiger partial charge in [-0.05, 0) is 47.9 Å². The molecule has 1 aromatic heterocycles. The highest BCUT2D eigenvalue weighted by Crippen LogP contribution is 2.13. The van der Waals surface area contributed by atoms with Crippen LogP contribution in [0.1, 0.15) is 43.0 Å². The van der Waals surface area contributed by atoms with E-state index in [1.165, 1.54) is 12.1 Å². The minimum Gasteiger partial charge on any atom is -0.345 e. The number of rotatable bonds is 10. The van der Waals surface area contributed by atoms with Gasteiger partial charge in [0.15, 0.2) is 0 Å². The van der Waals surface area contributed by atoms with Gasteiger partial charge in [0.2, 0.25) is 5.91 Å². The van der Waals surface area contributed by atoms with Crippen LogP contribution in [-0.2, 0) is 17.9 Å². The number of unbranched alkanes of at least 4 members (excludes halogenated alkanes) is 2. The van der Waals surface area contributed by atoms with Crippen molar-refractivity contribution in [3.63, 3.8) is 0 Å². The van der Waals surface area contributed by atoms with Crippen LogP contribution in [-0.4, -0.2) is 21.9 Å². The van der Waals surface area contributed by atoms with Crippen LogP contribution in [0.3, 0.4) is 0 Å². The van der Waals surface area contributed by atoms with Gasteiger partial charge in [-0.15, -0.1) is 0 Å². The molecule has 3 nitrogen and oxygen atoms in total. The van der Waals surface area contributed by atoms with E-state index in [1.54, 1.807) is 18.2 Å². The smallest absolute Gasteiger partial charge is 0.246 e. The Morgan fingerprint density at radius 2 is 1.77 bits per heavy atom. The lowest BCUT2D eigenvalue weighted by Crippen LogP contribution is -2.31. The average Bonchev–Trinajstić information content (AvgIpc) is 3.20. The first kappa shape index (κ1) is 21.6. The zero-order valence-electron chi connectivity index (χ0n) is 17.5. The Balaban J connectivity index is 1.71. The molecule has 0 aliphatic rings. The maximum atomic E-state index is 13.2. The van der Waals surface area contributed by atoms with E-state index in [0.29, 0.717) is 13.1 Å². The Kier molecular flexibility index (Phi) is 8.02. The van der Waals surface area contributed by atoms with Gasteiger partial charge >= 0.3 is 0 Å². The number of amides is 1. The van der Waals surface area contributed by atoms with E-state index in [2.05, 4.69) is 11.5 Å². The molecule has 0 atom stereocenters. The molecule has 0 saturated heterocycles. The molecule has 0 spiro atoms. The third-order valence-corrected chi connectivity index (χ3v) is 5.10. The number of carbonyl (C=O) groups excluding carboxylic acids is 1. The molecule has 1 amide bonds. The van der Waals surface area contributed by atoms with Crippen LogP contribution in [0.5, 0.6) is 0 Å². The van der Waals surface area contributed by atoms with Crippen LogP contribution >= 0.6 is 0 Å². The molecule has 3 aromatic rings. The molecule has 4 heteroatoms. The number of aromatic nitrogens is 1. The van der Waals surface area contributed by atoms with Crippen LogP contribution in [0.2, 0.25) is 0 Å². The van der Waals surface area contributed by atoms with Crippen molar-refractivity contribution in [3.05, 3.63) is 102 Å². The van der Waals surface area contributed by atoms with Crippen molar-refractivity contribution >= 4 is 12.0 Å². The molecule has 1 heterocycles. The maximum Gasteiger partial charge on any atom is 0.246 e. The normalized spacial score (nSPS) is 11.1. The third-order valence-electron chi connectivity index (χ3n) is 5.10. The zero-order chi connectivity index (χ0) is 21.2. The Morgan fingerprint density at radius 1 is 1.00 bits per heavy atom. The summed E-state index contributed by atoms with van der Waals surface area (Å²) >= 11 is 0. The molecule has 0 N–H and O–H groups in total. The second kappa shape index (κ2) is 11.1. The maximum absolute atomic E-state index is 13.2. The molecule has 30 heavy (non-hydrogen) atoms. The van der Waals surface area contributed by atoms with Crippen molar-refractivity contribution in [1.82, 2.24) is 9.47 Å². The van der Waals surface area contributed by atoms with E-state index in [9.17, 15) is 9.18 Å². The van der Waals surface area contributed by atoms with Crippen molar-refractivity contribution in [2.45, 2.75) is 39.3 Å². The molecule has 0 saturated carbocycles. The van der Waals surface area contributed by atoms with Crippen LogP contribution in [0.4, 0.5) is 4.39 Å². The van der Waals surface area contributed by atoms with Crippen molar-refractivity contribution in [1.29, 1.82) is 0 Å². The van der Waals surface area contributed by atoms with Gasteiger partial charge in [0.1, 0.15) is 5.82 Å². The summed E-state index contributed by atoms with van der Waals surface area (Å²) in [6.07, 6.45) is 8.74. The first-order valence-electron chi connectivity index (χ1n) is 10.6. The first-order valence-corrected chi connectivity index (χ1v) is 10.6. The van der Waals surface area contributed by atoms with E-state index in [-0.39, 0.29) is 11.7 Å². The van der Waals surface area contributed by atoms with Gasteiger partial charge in [0, 0.05) is 31.1 Å². The molecule has 156 valence electrons. The van der Waals surface area contributed by atoms with Crippen LogP contribution < -0.4 is 0 Å². The molecule has 0 unspecified atom stereocenters. The lowest BCUT2D eigenvalue weighted by molar-refractivity contribution is -0.126. The van der Waals surface area contributed by atoms with Crippen LogP contribution in [0.15, 0.2) is 79.0 Å².